The van der Waals surface area contributed by atoms with E-state index in [4.69, 9.17) is 0 Å². The third-order valence-corrected chi connectivity index (χ3v) is 4.11. The lowest BCUT2D eigenvalue weighted by Crippen LogP contribution is -2.47. The smallest absolute Gasteiger partial charge is 0.243 e. The molecule has 1 saturated heterocycles. The second kappa shape index (κ2) is 11.1. The van der Waals surface area contributed by atoms with E-state index in [0.717, 1.165) is 32.0 Å². The van der Waals surface area contributed by atoms with Crippen LogP contribution in [0.25, 0.3) is 0 Å². The molecule has 0 aromatic carbocycles. The van der Waals surface area contributed by atoms with Crippen LogP contribution in [0.1, 0.15) is 34.1 Å². The van der Waals surface area contributed by atoms with Crippen LogP contribution in [0.4, 0.5) is 0 Å². The van der Waals surface area contributed by atoms with Crippen molar-refractivity contribution < 1.29 is 4.79 Å². The Balaban J connectivity index is 0.00000484. The summed E-state index contributed by atoms with van der Waals surface area (Å²) in [7, 11) is 3.51. The zero-order valence-electron chi connectivity index (χ0n) is 15.4. The summed E-state index contributed by atoms with van der Waals surface area (Å²) in [5.41, 5.74) is 0. The van der Waals surface area contributed by atoms with Gasteiger partial charge < -0.3 is 15.5 Å². The molecule has 1 fully saturated rings. The molecule has 2 atom stereocenters. The van der Waals surface area contributed by atoms with E-state index >= 15 is 0 Å². The molecule has 2 N–H and O–H groups in total. The predicted molar refractivity (Wildman–Crippen MR) is 108 cm³/mol. The van der Waals surface area contributed by atoms with E-state index < -0.39 is 0 Å². The van der Waals surface area contributed by atoms with E-state index in [1.807, 2.05) is 0 Å². The predicted octanol–water partition coefficient (Wildman–Crippen LogP) is 1.37. The monoisotopic (exact) mass is 439 g/mol. The Bertz CT molecular complexity index is 387. The van der Waals surface area contributed by atoms with Crippen molar-refractivity contribution in [3.8, 4) is 0 Å². The molecule has 2 unspecified atom stereocenters. The standard InChI is InChI=1S/C16H33N5O.HI/c1-7-8-17-16(18-9-15(22)20(5)6)19-14-11-21(12(2)3)10-13(14)4;/h12-14H,7-11H2,1-6H3,(H2,17,18,19);1H. The molecule has 1 amide bonds. The van der Waals surface area contributed by atoms with Crippen LogP contribution in [0, 0.1) is 5.92 Å². The van der Waals surface area contributed by atoms with Gasteiger partial charge in [0.25, 0.3) is 0 Å². The zero-order valence-corrected chi connectivity index (χ0v) is 17.8. The molecule has 1 heterocycles. The number of hydrogen-bond donors (Lipinski definition) is 2. The molecular weight excluding hydrogens is 405 g/mol. The van der Waals surface area contributed by atoms with Crippen LogP contribution in [-0.2, 0) is 4.79 Å². The number of likely N-dealkylation sites (N-methyl/N-ethyl adjacent to an activating group) is 1. The van der Waals surface area contributed by atoms with Gasteiger partial charge in [-0.25, -0.2) is 4.99 Å². The Labute approximate surface area is 158 Å². The fourth-order valence-corrected chi connectivity index (χ4v) is 2.47. The van der Waals surface area contributed by atoms with Gasteiger partial charge in [-0.3, -0.25) is 9.69 Å². The van der Waals surface area contributed by atoms with Gasteiger partial charge in [-0.2, -0.15) is 0 Å². The van der Waals surface area contributed by atoms with Crippen LogP contribution in [0.2, 0.25) is 0 Å². The van der Waals surface area contributed by atoms with E-state index in [1.165, 1.54) is 0 Å². The van der Waals surface area contributed by atoms with Crippen molar-refractivity contribution in [2.75, 3.05) is 40.3 Å². The van der Waals surface area contributed by atoms with E-state index in [-0.39, 0.29) is 36.4 Å². The van der Waals surface area contributed by atoms with Crippen LogP contribution in [0.5, 0.6) is 0 Å². The molecule has 0 aromatic heterocycles. The van der Waals surface area contributed by atoms with Gasteiger partial charge in [0.05, 0.1) is 0 Å². The highest BCUT2D eigenvalue weighted by atomic mass is 127. The van der Waals surface area contributed by atoms with Gasteiger partial charge in [-0.05, 0) is 26.2 Å². The highest BCUT2D eigenvalue weighted by Gasteiger charge is 2.31. The first-order chi connectivity index (χ1) is 10.3. The van der Waals surface area contributed by atoms with Gasteiger partial charge >= 0.3 is 0 Å². The number of rotatable bonds is 6. The van der Waals surface area contributed by atoms with E-state index in [1.54, 1.807) is 19.0 Å². The number of guanidine groups is 1. The van der Waals surface area contributed by atoms with Crippen molar-refractivity contribution in [3.63, 3.8) is 0 Å². The fourth-order valence-electron chi connectivity index (χ4n) is 2.47. The summed E-state index contributed by atoms with van der Waals surface area (Å²) in [6, 6.07) is 0.938. The minimum atomic E-state index is 0. The number of nitrogens with one attached hydrogen (secondary N) is 2. The number of aliphatic imine (C=N–C) groups is 1. The van der Waals surface area contributed by atoms with Crippen LogP contribution in [0.3, 0.4) is 0 Å². The number of halogens is 1. The van der Waals surface area contributed by atoms with Crippen LogP contribution in [0.15, 0.2) is 4.99 Å². The molecule has 0 bridgehead atoms. The van der Waals surface area contributed by atoms with E-state index in [2.05, 4.69) is 48.2 Å². The Morgan fingerprint density at radius 1 is 1.35 bits per heavy atom. The van der Waals surface area contributed by atoms with Gasteiger partial charge in [0.2, 0.25) is 5.91 Å². The van der Waals surface area contributed by atoms with Crippen molar-refractivity contribution >= 4 is 35.8 Å². The number of carbonyl (C=O) groups excluding carboxylic acids is 1. The van der Waals surface area contributed by atoms with Crippen molar-refractivity contribution in [2.24, 2.45) is 10.9 Å². The molecule has 0 saturated carbocycles. The Kier molecular flexibility index (Phi) is 10.8. The molecule has 1 aliphatic heterocycles. The summed E-state index contributed by atoms with van der Waals surface area (Å²) in [5.74, 6) is 1.33. The molecule has 0 aliphatic carbocycles. The summed E-state index contributed by atoms with van der Waals surface area (Å²) < 4.78 is 0. The maximum Gasteiger partial charge on any atom is 0.243 e. The summed E-state index contributed by atoms with van der Waals surface area (Å²) in [6.45, 7) is 12.0. The molecule has 1 aliphatic rings. The molecule has 6 nitrogen and oxygen atoms in total. The first-order valence-corrected chi connectivity index (χ1v) is 8.34. The highest BCUT2D eigenvalue weighted by molar-refractivity contribution is 14.0. The second-order valence-electron chi connectivity index (χ2n) is 6.66. The summed E-state index contributed by atoms with van der Waals surface area (Å²) in [6.07, 6.45) is 1.03. The van der Waals surface area contributed by atoms with Crippen LogP contribution >= 0.6 is 24.0 Å². The van der Waals surface area contributed by atoms with Crippen molar-refractivity contribution in [2.45, 2.75) is 46.2 Å². The summed E-state index contributed by atoms with van der Waals surface area (Å²) in [4.78, 5) is 20.2. The Morgan fingerprint density at radius 2 is 2.00 bits per heavy atom. The maximum atomic E-state index is 11.7. The van der Waals surface area contributed by atoms with Crippen molar-refractivity contribution in [1.82, 2.24) is 20.4 Å². The minimum Gasteiger partial charge on any atom is -0.356 e. The molecule has 0 spiro atoms. The number of amides is 1. The average Bonchev–Trinajstić information content (AvgIpc) is 2.82. The Morgan fingerprint density at radius 3 is 2.48 bits per heavy atom. The average molecular weight is 439 g/mol. The summed E-state index contributed by atoms with van der Waals surface area (Å²) >= 11 is 0. The molecule has 1 rings (SSSR count). The summed E-state index contributed by atoms with van der Waals surface area (Å²) in [5, 5.41) is 6.81. The minimum absolute atomic E-state index is 0. The normalized spacial score (nSPS) is 22.0. The lowest BCUT2D eigenvalue weighted by atomic mass is 10.1. The molecule has 0 aromatic rings. The van der Waals surface area contributed by atoms with Crippen molar-refractivity contribution in [3.05, 3.63) is 0 Å². The van der Waals surface area contributed by atoms with E-state index in [9.17, 15) is 4.79 Å². The molecule has 7 heteroatoms. The highest BCUT2D eigenvalue weighted by Crippen LogP contribution is 2.18. The second-order valence-corrected chi connectivity index (χ2v) is 6.66. The fraction of sp³-hybridized carbons (Fsp3) is 0.875. The number of nitrogens with zero attached hydrogens (tertiary/aromatic N) is 3. The third kappa shape index (κ3) is 7.69. The zero-order chi connectivity index (χ0) is 16.7. The topological polar surface area (TPSA) is 60.0 Å². The lowest BCUT2D eigenvalue weighted by molar-refractivity contribution is -0.127. The van der Waals surface area contributed by atoms with Gasteiger partial charge in [0, 0.05) is 45.8 Å². The molecule has 0 radical (unpaired) electrons. The lowest BCUT2D eigenvalue weighted by Gasteiger charge is -2.22. The van der Waals surface area contributed by atoms with Gasteiger partial charge in [0.1, 0.15) is 6.54 Å². The quantitative estimate of drug-likeness (QED) is 0.373. The van der Waals surface area contributed by atoms with Gasteiger partial charge in [-0.15, -0.1) is 24.0 Å². The Hall–Kier alpha value is -0.570. The largest absolute Gasteiger partial charge is 0.356 e. The number of hydrogen-bond acceptors (Lipinski definition) is 3. The SMILES string of the molecule is CCCNC(=NCC(=O)N(C)C)NC1CN(C(C)C)CC1C.I. The van der Waals surface area contributed by atoms with Crippen molar-refractivity contribution in [1.29, 1.82) is 0 Å². The van der Waals surface area contributed by atoms with Gasteiger partial charge in [-0.1, -0.05) is 13.8 Å². The molecule has 23 heavy (non-hydrogen) atoms. The molecule has 136 valence electrons. The van der Waals surface area contributed by atoms with Crippen LogP contribution < -0.4 is 10.6 Å². The molecular formula is C16H34IN5O. The third-order valence-electron chi connectivity index (χ3n) is 4.11. The number of carbonyl (C=O) groups is 1. The maximum absolute atomic E-state index is 11.7. The number of likely N-dealkylation sites (tertiary alicyclic amines) is 1. The van der Waals surface area contributed by atoms with E-state index in [0.29, 0.717) is 18.0 Å². The van der Waals surface area contributed by atoms with Crippen LogP contribution in [-0.4, -0.2) is 74.0 Å². The first kappa shape index (κ1) is 22.4. The van der Waals surface area contributed by atoms with Gasteiger partial charge in [0.15, 0.2) is 5.96 Å². The first-order valence-electron chi connectivity index (χ1n) is 8.34.